The smallest absolute Gasteiger partial charge is 0.336 e. The minimum Gasteiger partial charge on any atom is -0.478 e. The Morgan fingerprint density at radius 2 is 1.88 bits per heavy atom. The van der Waals surface area contributed by atoms with Crippen molar-refractivity contribution in [2.45, 2.75) is 32.2 Å². The number of carbonyl (C=O) groups is 1. The van der Waals surface area contributed by atoms with Gasteiger partial charge in [0, 0.05) is 36.0 Å². The highest BCUT2D eigenvalue weighted by molar-refractivity contribution is 6.43. The van der Waals surface area contributed by atoms with Crippen molar-refractivity contribution in [1.82, 2.24) is 4.98 Å². The van der Waals surface area contributed by atoms with Crippen molar-refractivity contribution < 1.29 is 9.90 Å². The maximum absolute atomic E-state index is 12.2. The van der Waals surface area contributed by atoms with Gasteiger partial charge in [-0.15, -0.1) is 0 Å². The second-order valence-electron chi connectivity index (χ2n) is 9.10. The van der Waals surface area contributed by atoms with Crippen molar-refractivity contribution in [3.63, 3.8) is 0 Å². The quantitative estimate of drug-likeness (QED) is 0.486. The maximum Gasteiger partial charge on any atom is 0.336 e. The summed E-state index contributed by atoms with van der Waals surface area (Å²) in [5.74, 6) is -0.347. The van der Waals surface area contributed by atoms with Gasteiger partial charge in [-0.3, -0.25) is 0 Å². The van der Waals surface area contributed by atoms with Crippen LogP contribution in [-0.4, -0.2) is 29.1 Å². The van der Waals surface area contributed by atoms with Crippen LogP contribution in [0.5, 0.6) is 0 Å². The predicted octanol–water partition coefficient (Wildman–Crippen LogP) is 5.90. The molecule has 5 nitrogen and oxygen atoms in total. The van der Waals surface area contributed by atoms with Crippen LogP contribution in [0.15, 0.2) is 48.5 Å². The van der Waals surface area contributed by atoms with Crippen LogP contribution in [0, 0.1) is 12.3 Å². The van der Waals surface area contributed by atoms with Gasteiger partial charge in [0.2, 0.25) is 0 Å². The lowest BCUT2D eigenvalue weighted by molar-refractivity contribution is 0.0697. The van der Waals surface area contributed by atoms with E-state index < -0.39 is 5.97 Å². The molecule has 3 N–H and O–H groups in total. The maximum atomic E-state index is 12.2. The summed E-state index contributed by atoms with van der Waals surface area (Å²) in [6.45, 7) is 3.38. The molecule has 0 bridgehead atoms. The molecule has 0 saturated carbocycles. The lowest BCUT2D eigenvalue weighted by atomic mass is 9.73. The summed E-state index contributed by atoms with van der Waals surface area (Å²) in [5, 5.41) is 10.7. The first-order valence-electron chi connectivity index (χ1n) is 11.1. The van der Waals surface area contributed by atoms with Crippen LogP contribution in [-0.2, 0) is 6.42 Å². The highest BCUT2D eigenvalue weighted by atomic mass is 35.5. The summed E-state index contributed by atoms with van der Waals surface area (Å²) in [6.07, 6.45) is 2.87. The van der Waals surface area contributed by atoms with E-state index in [4.69, 9.17) is 33.9 Å². The van der Waals surface area contributed by atoms with Crippen molar-refractivity contribution in [2.24, 2.45) is 11.1 Å². The number of benzene rings is 2. The molecule has 170 valence electrons. The van der Waals surface area contributed by atoms with E-state index in [1.807, 2.05) is 6.92 Å². The number of carboxylic acids is 1. The molecule has 1 aliphatic carbocycles. The highest BCUT2D eigenvalue weighted by Crippen LogP contribution is 2.51. The standard InChI is InChI=1S/C26H25Cl2N3O2/c1-15-22(18-7-4-8-20(27)23(18)28)19(25(32)33)13-21(30-15)31-11-9-26(10-12-31)14-16-5-2-3-6-17(16)24(26)29/h2-8,13,24H,9-12,14,29H2,1H3,(H,32,33)/t24-/m1/s1. The zero-order valence-corrected chi connectivity index (χ0v) is 19.8. The first kappa shape index (κ1) is 22.2. The molecule has 0 amide bonds. The van der Waals surface area contributed by atoms with Crippen molar-refractivity contribution in [3.8, 4) is 11.1 Å². The van der Waals surface area contributed by atoms with E-state index in [0.29, 0.717) is 32.7 Å². The van der Waals surface area contributed by atoms with E-state index in [-0.39, 0.29) is 17.0 Å². The van der Waals surface area contributed by atoms with Crippen LogP contribution >= 0.6 is 23.2 Å². The number of anilines is 1. The second-order valence-corrected chi connectivity index (χ2v) is 9.88. The van der Waals surface area contributed by atoms with Crippen LogP contribution < -0.4 is 10.6 Å². The molecule has 1 atom stereocenters. The minimum atomic E-state index is -1.02. The number of hydrogen-bond donors (Lipinski definition) is 2. The fraction of sp³-hybridized carbons (Fsp3) is 0.308. The van der Waals surface area contributed by atoms with Crippen LogP contribution in [0.1, 0.15) is 46.1 Å². The predicted molar refractivity (Wildman–Crippen MR) is 132 cm³/mol. The second kappa shape index (κ2) is 8.32. The van der Waals surface area contributed by atoms with Crippen molar-refractivity contribution in [1.29, 1.82) is 0 Å². The molecule has 2 heterocycles. The first-order chi connectivity index (χ1) is 15.8. The molecule has 0 unspecified atom stereocenters. The Morgan fingerprint density at radius 1 is 1.15 bits per heavy atom. The minimum absolute atomic E-state index is 0.0347. The van der Waals surface area contributed by atoms with Crippen molar-refractivity contribution in [3.05, 3.63) is 81.0 Å². The van der Waals surface area contributed by atoms with Gasteiger partial charge in [-0.05, 0) is 54.9 Å². The zero-order chi connectivity index (χ0) is 23.3. The molecule has 7 heteroatoms. The third-order valence-electron chi connectivity index (χ3n) is 7.31. The molecule has 5 rings (SSSR count). The van der Waals surface area contributed by atoms with Gasteiger partial charge in [-0.1, -0.05) is 59.6 Å². The molecular formula is C26H25Cl2N3O2. The Kier molecular flexibility index (Phi) is 5.60. The monoisotopic (exact) mass is 481 g/mol. The fourth-order valence-corrected chi connectivity index (χ4v) is 5.91. The van der Waals surface area contributed by atoms with E-state index in [1.54, 1.807) is 24.3 Å². The molecule has 1 aromatic heterocycles. The van der Waals surface area contributed by atoms with Crippen LogP contribution in [0.4, 0.5) is 5.82 Å². The number of nitrogens with two attached hydrogens (primary N) is 1. The van der Waals surface area contributed by atoms with Gasteiger partial charge >= 0.3 is 5.97 Å². The van der Waals surface area contributed by atoms with E-state index in [1.165, 1.54) is 11.1 Å². The third kappa shape index (κ3) is 3.68. The van der Waals surface area contributed by atoms with Gasteiger partial charge in [0.05, 0.1) is 15.6 Å². The number of pyridine rings is 1. The summed E-state index contributed by atoms with van der Waals surface area (Å²) in [6, 6.07) is 15.4. The number of hydrogen-bond acceptors (Lipinski definition) is 4. The van der Waals surface area contributed by atoms with E-state index >= 15 is 0 Å². The van der Waals surface area contributed by atoms with Crippen LogP contribution in [0.25, 0.3) is 11.1 Å². The fourth-order valence-electron chi connectivity index (χ4n) is 5.51. The average Bonchev–Trinajstić information content (AvgIpc) is 3.07. The van der Waals surface area contributed by atoms with Gasteiger partial charge in [-0.2, -0.15) is 0 Å². The Labute approximate surface area is 203 Å². The van der Waals surface area contributed by atoms with E-state index in [2.05, 4.69) is 29.2 Å². The molecule has 1 spiro atoms. The number of rotatable bonds is 3. The number of aromatic nitrogens is 1. The molecule has 33 heavy (non-hydrogen) atoms. The number of aromatic carboxylic acids is 1. The molecule has 1 fully saturated rings. The summed E-state index contributed by atoms with van der Waals surface area (Å²) >= 11 is 12.6. The summed E-state index contributed by atoms with van der Waals surface area (Å²) < 4.78 is 0. The summed E-state index contributed by atoms with van der Waals surface area (Å²) in [7, 11) is 0. The van der Waals surface area contributed by atoms with Crippen LogP contribution in [0.2, 0.25) is 10.0 Å². The van der Waals surface area contributed by atoms with Gasteiger partial charge in [0.15, 0.2) is 0 Å². The lowest BCUT2D eigenvalue weighted by Crippen LogP contribution is -2.44. The SMILES string of the molecule is Cc1nc(N2CCC3(CC2)Cc2ccccc2[C@H]3N)cc(C(=O)O)c1-c1cccc(Cl)c1Cl. The third-order valence-corrected chi connectivity index (χ3v) is 8.13. The number of aryl methyl sites for hydroxylation is 1. The largest absolute Gasteiger partial charge is 0.478 e. The van der Waals surface area contributed by atoms with Crippen molar-refractivity contribution in [2.75, 3.05) is 18.0 Å². The van der Waals surface area contributed by atoms with Gasteiger partial charge in [-0.25, -0.2) is 9.78 Å². The Bertz CT molecular complexity index is 1250. The van der Waals surface area contributed by atoms with Gasteiger partial charge in [0.1, 0.15) is 5.82 Å². The van der Waals surface area contributed by atoms with E-state index in [9.17, 15) is 9.90 Å². The molecule has 1 aliphatic heterocycles. The number of nitrogens with zero attached hydrogens (tertiary/aromatic N) is 2. The molecule has 2 aliphatic rings. The van der Waals surface area contributed by atoms with Crippen molar-refractivity contribution >= 4 is 35.0 Å². The number of fused-ring (bicyclic) bond motifs is 1. The molecule has 0 radical (unpaired) electrons. The lowest BCUT2D eigenvalue weighted by Gasteiger charge is -2.42. The average molecular weight is 482 g/mol. The molecular weight excluding hydrogens is 457 g/mol. The van der Waals surface area contributed by atoms with Gasteiger partial charge < -0.3 is 15.7 Å². The number of carboxylic acid groups (broad SMARTS) is 1. The topological polar surface area (TPSA) is 79.5 Å². The summed E-state index contributed by atoms with van der Waals surface area (Å²) in [4.78, 5) is 19.2. The Morgan fingerprint density at radius 3 is 2.58 bits per heavy atom. The van der Waals surface area contributed by atoms with E-state index in [0.717, 1.165) is 32.4 Å². The normalized spacial score (nSPS) is 19.0. The highest BCUT2D eigenvalue weighted by Gasteiger charge is 2.46. The molecule has 1 saturated heterocycles. The molecule has 2 aromatic carbocycles. The van der Waals surface area contributed by atoms with Gasteiger partial charge in [0.25, 0.3) is 0 Å². The zero-order valence-electron chi connectivity index (χ0n) is 18.3. The number of halogens is 2. The molecule has 3 aromatic rings. The number of piperidine rings is 1. The Hall–Kier alpha value is -2.60. The summed E-state index contributed by atoms with van der Waals surface area (Å²) in [5.41, 5.74) is 11.2. The van der Waals surface area contributed by atoms with Crippen LogP contribution in [0.3, 0.4) is 0 Å². The first-order valence-corrected chi connectivity index (χ1v) is 11.8. The Balaban J connectivity index is 1.45.